The van der Waals surface area contributed by atoms with Gasteiger partial charge in [-0.3, -0.25) is 0 Å². The lowest BCUT2D eigenvalue weighted by atomic mass is 10.5. The van der Waals surface area contributed by atoms with Crippen LogP contribution in [0.5, 0.6) is 0 Å². The molecule has 10 nitrogen and oxygen atoms in total. The fraction of sp³-hybridized carbons (Fsp3) is 1.00. The molecule has 0 aromatic carbocycles. The standard InChI is InChI=1S/C13H32O10Si3/c1-14-25(15-2,16-3)22-13(23-26(17-4,18-5)19-6)24-9-7-8-20-10-12-11-21-12/h12-13H,7-11,24H2,1-6H3. The van der Waals surface area contributed by atoms with Crippen LogP contribution in [0, 0.1) is 0 Å². The number of epoxide rings is 1. The Morgan fingerprint density at radius 2 is 1.35 bits per heavy atom. The van der Waals surface area contributed by atoms with Gasteiger partial charge in [0.2, 0.25) is 0 Å². The summed E-state index contributed by atoms with van der Waals surface area (Å²) in [7, 11) is 1.37. The second kappa shape index (κ2) is 12.7. The zero-order valence-corrected chi connectivity index (χ0v) is 19.9. The van der Waals surface area contributed by atoms with Crippen molar-refractivity contribution in [2.24, 2.45) is 0 Å². The second-order valence-electron chi connectivity index (χ2n) is 5.42. The van der Waals surface area contributed by atoms with E-state index in [1.165, 1.54) is 42.7 Å². The van der Waals surface area contributed by atoms with Crippen molar-refractivity contribution in [3.63, 3.8) is 0 Å². The Kier molecular flexibility index (Phi) is 11.8. The highest BCUT2D eigenvalue weighted by Gasteiger charge is 2.50. The van der Waals surface area contributed by atoms with E-state index in [9.17, 15) is 0 Å². The fourth-order valence-corrected chi connectivity index (χ4v) is 7.55. The molecule has 1 unspecified atom stereocenters. The molecule has 1 fully saturated rings. The summed E-state index contributed by atoms with van der Waals surface area (Å²) in [5.74, 6) is -0.611. The van der Waals surface area contributed by atoms with E-state index < -0.39 is 33.5 Å². The highest BCUT2D eigenvalue weighted by molar-refractivity contribution is 6.56. The van der Waals surface area contributed by atoms with Crippen LogP contribution in [-0.4, -0.2) is 102 Å². The highest BCUT2D eigenvalue weighted by atomic mass is 28.4. The Morgan fingerprint density at radius 1 is 0.885 bits per heavy atom. The van der Waals surface area contributed by atoms with Crippen molar-refractivity contribution in [2.45, 2.75) is 24.5 Å². The first kappa shape index (κ1) is 24.3. The van der Waals surface area contributed by atoms with Gasteiger partial charge >= 0.3 is 18.1 Å². The fourth-order valence-electron chi connectivity index (χ4n) is 2.15. The maximum atomic E-state index is 5.95. The van der Waals surface area contributed by atoms with Crippen molar-refractivity contribution in [1.29, 1.82) is 0 Å². The van der Waals surface area contributed by atoms with Gasteiger partial charge in [-0.1, -0.05) is 6.04 Å². The van der Waals surface area contributed by atoms with E-state index in [4.69, 9.17) is 44.9 Å². The minimum absolute atomic E-state index is 0.278. The molecule has 0 saturated carbocycles. The van der Waals surface area contributed by atoms with E-state index in [-0.39, 0.29) is 6.10 Å². The first-order valence-corrected chi connectivity index (χ1v) is 13.5. The monoisotopic (exact) mass is 432 g/mol. The summed E-state index contributed by atoms with van der Waals surface area (Å²) in [5, 5.41) is 0. The summed E-state index contributed by atoms with van der Waals surface area (Å²) >= 11 is 0. The second-order valence-corrected chi connectivity index (χ2v) is 12.3. The van der Waals surface area contributed by atoms with Gasteiger partial charge in [0.05, 0.1) is 22.7 Å². The van der Waals surface area contributed by atoms with E-state index in [1.807, 2.05) is 0 Å². The molecule has 0 spiro atoms. The van der Waals surface area contributed by atoms with Crippen LogP contribution in [0.2, 0.25) is 6.04 Å². The van der Waals surface area contributed by atoms with Crippen LogP contribution in [0.15, 0.2) is 0 Å². The van der Waals surface area contributed by atoms with Crippen molar-refractivity contribution in [3.05, 3.63) is 0 Å². The molecule has 1 saturated heterocycles. The summed E-state index contributed by atoms with van der Waals surface area (Å²) in [5.41, 5.74) is 0. The highest BCUT2D eigenvalue weighted by Crippen LogP contribution is 2.18. The minimum Gasteiger partial charge on any atom is -0.379 e. The quantitative estimate of drug-likeness (QED) is 0.129. The number of ether oxygens (including phenoxy) is 2. The Morgan fingerprint density at radius 3 is 1.73 bits per heavy atom. The lowest BCUT2D eigenvalue weighted by Crippen LogP contribution is -2.56. The van der Waals surface area contributed by atoms with Crippen molar-refractivity contribution in [3.8, 4) is 0 Å². The van der Waals surface area contributed by atoms with E-state index >= 15 is 0 Å². The topological polar surface area (TPSA) is 95.6 Å². The largest absolute Gasteiger partial charge is 0.680 e. The van der Waals surface area contributed by atoms with Crippen LogP contribution in [-0.2, 0) is 44.9 Å². The Hall–Kier alpha value is 0.251. The van der Waals surface area contributed by atoms with Crippen LogP contribution in [0.25, 0.3) is 0 Å². The Labute approximate surface area is 160 Å². The van der Waals surface area contributed by atoms with Crippen molar-refractivity contribution >= 4 is 27.6 Å². The Bertz CT molecular complexity index is 328. The third kappa shape index (κ3) is 8.09. The van der Waals surface area contributed by atoms with Gasteiger partial charge in [0.1, 0.15) is 12.0 Å². The maximum absolute atomic E-state index is 5.95. The molecule has 1 atom stereocenters. The van der Waals surface area contributed by atoms with Crippen LogP contribution < -0.4 is 0 Å². The lowest BCUT2D eigenvalue weighted by molar-refractivity contribution is -0.103. The molecule has 0 aromatic rings. The van der Waals surface area contributed by atoms with E-state index in [1.54, 1.807) is 0 Å². The maximum Gasteiger partial charge on any atom is 0.680 e. The van der Waals surface area contributed by atoms with Crippen LogP contribution in [0.3, 0.4) is 0 Å². The van der Waals surface area contributed by atoms with Crippen LogP contribution in [0.4, 0.5) is 0 Å². The molecule has 1 aliphatic rings. The molecule has 156 valence electrons. The van der Waals surface area contributed by atoms with Gasteiger partial charge in [-0.2, -0.15) is 0 Å². The molecule has 0 aliphatic carbocycles. The summed E-state index contributed by atoms with van der Waals surface area (Å²) in [6, 6.07) is 0.916. The molecular weight excluding hydrogens is 400 g/mol. The molecule has 0 amide bonds. The molecule has 0 N–H and O–H groups in total. The molecule has 1 aliphatic heterocycles. The molecule has 0 radical (unpaired) electrons. The Balaban J connectivity index is 2.57. The van der Waals surface area contributed by atoms with Gasteiger partial charge < -0.3 is 44.9 Å². The third-order valence-electron chi connectivity index (χ3n) is 3.74. The number of rotatable bonds is 17. The summed E-state index contributed by atoms with van der Waals surface area (Å²) < 4.78 is 54.5. The molecule has 13 heteroatoms. The predicted octanol–water partition coefficient (Wildman–Crippen LogP) is -0.555. The first-order valence-electron chi connectivity index (χ1n) is 8.38. The van der Waals surface area contributed by atoms with Gasteiger partial charge in [-0.15, -0.1) is 0 Å². The zero-order chi connectivity index (χ0) is 19.5. The third-order valence-corrected chi connectivity index (χ3v) is 10.2. The van der Waals surface area contributed by atoms with Gasteiger partial charge in [0.15, 0.2) is 0 Å². The summed E-state index contributed by atoms with van der Waals surface area (Å²) in [4.78, 5) is 0. The SMILES string of the molecule is CO[Si](OC)(OC)OC(O[Si](OC)(OC)OC)[SiH2]CCCOCC1CO1. The van der Waals surface area contributed by atoms with Crippen LogP contribution >= 0.6 is 0 Å². The number of hydrogen-bond acceptors (Lipinski definition) is 10. The van der Waals surface area contributed by atoms with E-state index in [0.717, 1.165) is 19.1 Å². The predicted molar refractivity (Wildman–Crippen MR) is 98.0 cm³/mol. The smallest absolute Gasteiger partial charge is 0.379 e. The summed E-state index contributed by atoms with van der Waals surface area (Å²) in [6.45, 7) is 2.12. The van der Waals surface area contributed by atoms with Gasteiger partial charge in [-0.05, 0) is 6.42 Å². The average molecular weight is 433 g/mol. The summed E-state index contributed by atoms with van der Waals surface area (Å²) in [6.07, 6.45) is 1.17. The zero-order valence-electron chi connectivity index (χ0n) is 16.5. The molecule has 26 heavy (non-hydrogen) atoms. The number of hydrogen-bond donors (Lipinski definition) is 0. The average Bonchev–Trinajstić information content (AvgIpc) is 3.51. The van der Waals surface area contributed by atoms with Crippen molar-refractivity contribution in [1.82, 2.24) is 0 Å². The van der Waals surface area contributed by atoms with E-state index in [2.05, 4.69) is 0 Å². The van der Waals surface area contributed by atoms with Crippen molar-refractivity contribution in [2.75, 3.05) is 62.5 Å². The lowest BCUT2D eigenvalue weighted by Gasteiger charge is -2.32. The molecular formula is C13H32O10Si3. The molecule has 1 rings (SSSR count). The van der Waals surface area contributed by atoms with Crippen molar-refractivity contribution < 1.29 is 44.9 Å². The molecule has 1 heterocycles. The minimum atomic E-state index is -3.28. The van der Waals surface area contributed by atoms with Gasteiger partial charge in [-0.25, -0.2) is 0 Å². The van der Waals surface area contributed by atoms with Gasteiger partial charge in [0.25, 0.3) is 0 Å². The van der Waals surface area contributed by atoms with Gasteiger partial charge in [0, 0.05) is 49.3 Å². The molecule has 0 aromatic heterocycles. The first-order chi connectivity index (χ1) is 12.5. The molecule has 0 bridgehead atoms. The van der Waals surface area contributed by atoms with E-state index in [0.29, 0.717) is 13.2 Å². The van der Waals surface area contributed by atoms with Crippen LogP contribution in [0.1, 0.15) is 6.42 Å². The normalized spacial score (nSPS) is 18.3.